The van der Waals surface area contributed by atoms with E-state index in [9.17, 15) is 4.79 Å². The molecule has 0 radical (unpaired) electrons. The largest absolute Gasteiger partial charge is 0.493 e. The predicted octanol–water partition coefficient (Wildman–Crippen LogP) is 5.58. The van der Waals surface area contributed by atoms with Crippen molar-refractivity contribution in [1.82, 2.24) is 20.3 Å². The first kappa shape index (κ1) is 22.4. The number of carbonyl (C=O) groups excluding carboxylic acids is 1. The number of pyridine rings is 2. The van der Waals surface area contributed by atoms with E-state index in [-0.39, 0.29) is 17.9 Å². The van der Waals surface area contributed by atoms with Crippen molar-refractivity contribution in [2.75, 3.05) is 19.0 Å². The van der Waals surface area contributed by atoms with Gasteiger partial charge in [-0.2, -0.15) is 0 Å². The fourth-order valence-electron chi connectivity index (χ4n) is 4.88. The summed E-state index contributed by atoms with van der Waals surface area (Å²) in [6.07, 6.45) is 6.43. The van der Waals surface area contributed by atoms with Crippen molar-refractivity contribution in [2.24, 2.45) is 0 Å². The highest BCUT2D eigenvalue weighted by atomic mass is 35.5. The van der Waals surface area contributed by atoms with Crippen LogP contribution in [0.1, 0.15) is 35.3 Å². The molecule has 1 aromatic carbocycles. The van der Waals surface area contributed by atoms with Crippen molar-refractivity contribution in [2.45, 2.75) is 25.4 Å². The van der Waals surface area contributed by atoms with Crippen molar-refractivity contribution < 1.29 is 14.3 Å². The van der Waals surface area contributed by atoms with Gasteiger partial charge in [0.1, 0.15) is 11.6 Å². The van der Waals surface area contributed by atoms with Gasteiger partial charge in [-0.25, -0.2) is 4.98 Å². The number of anilines is 2. The van der Waals surface area contributed by atoms with E-state index in [4.69, 9.17) is 26.1 Å². The lowest BCUT2D eigenvalue weighted by Gasteiger charge is -2.23. The van der Waals surface area contributed by atoms with Crippen LogP contribution in [0.4, 0.5) is 11.4 Å². The Labute approximate surface area is 212 Å². The number of allylic oxidation sites excluding steroid dienone is 1. The third-order valence-electron chi connectivity index (χ3n) is 6.57. The fraction of sp³-hybridized carbons (Fsp3) is 0.222. The molecule has 36 heavy (non-hydrogen) atoms. The summed E-state index contributed by atoms with van der Waals surface area (Å²) in [7, 11) is 1.57. The average molecular weight is 502 g/mol. The molecule has 5 heterocycles. The number of hydrogen-bond donors (Lipinski definition) is 3. The number of nitrogens with one attached hydrogen (secondary N) is 3. The summed E-state index contributed by atoms with van der Waals surface area (Å²) in [6, 6.07) is 11.1. The summed E-state index contributed by atoms with van der Waals surface area (Å²) in [5, 5.41) is 6.97. The molecule has 0 fully saturated rings. The topological polar surface area (TPSA) is 101 Å². The normalized spacial score (nSPS) is 19.5. The molecule has 4 aromatic rings. The number of halogens is 1. The van der Waals surface area contributed by atoms with Gasteiger partial charge in [-0.05, 0) is 43.7 Å². The molecule has 3 aromatic heterocycles. The molecular weight excluding hydrogens is 478 g/mol. The number of aromatic nitrogens is 3. The monoisotopic (exact) mass is 501 g/mol. The molecule has 1 amide bonds. The number of fused-ring (bicyclic) bond motifs is 3. The summed E-state index contributed by atoms with van der Waals surface area (Å²) in [5.74, 6) is 0.915. The molecule has 3 N–H and O–H groups in total. The third-order valence-corrected chi connectivity index (χ3v) is 6.86. The number of nitrogens with zero attached hydrogens (tertiary/aromatic N) is 2. The van der Waals surface area contributed by atoms with E-state index in [1.54, 1.807) is 19.4 Å². The van der Waals surface area contributed by atoms with Crippen molar-refractivity contribution in [3.63, 3.8) is 0 Å². The van der Waals surface area contributed by atoms with E-state index in [1.807, 2.05) is 43.3 Å². The number of benzene rings is 1. The SMILES string of the molecule is COc1c(Cl)cccc1Nc1c2[nH]c3c1C(=O)NC[C@H]3C/C=C\[C@@H](C)Oc1ccc3nccc-2c3n1. The zero-order chi connectivity index (χ0) is 24.8. The van der Waals surface area contributed by atoms with Gasteiger partial charge in [0.2, 0.25) is 5.88 Å². The number of ether oxygens (including phenoxy) is 2. The summed E-state index contributed by atoms with van der Waals surface area (Å²) < 4.78 is 11.6. The minimum Gasteiger partial charge on any atom is -0.493 e. The fourth-order valence-corrected chi connectivity index (χ4v) is 5.14. The Kier molecular flexibility index (Phi) is 5.53. The maximum absolute atomic E-state index is 13.3. The smallest absolute Gasteiger partial charge is 0.255 e. The zero-order valence-corrected chi connectivity index (χ0v) is 20.5. The molecule has 6 rings (SSSR count). The highest BCUT2D eigenvalue weighted by Crippen LogP contribution is 2.44. The Morgan fingerprint density at radius 3 is 2.97 bits per heavy atom. The van der Waals surface area contributed by atoms with Crippen LogP contribution in [0.5, 0.6) is 11.6 Å². The molecular formula is C27H24ClN5O3. The second kappa shape index (κ2) is 8.87. The van der Waals surface area contributed by atoms with Crippen LogP contribution in [-0.4, -0.2) is 40.6 Å². The maximum atomic E-state index is 13.3. The maximum Gasteiger partial charge on any atom is 0.255 e. The van der Waals surface area contributed by atoms with E-state index >= 15 is 0 Å². The van der Waals surface area contributed by atoms with Gasteiger partial charge in [-0.3, -0.25) is 9.78 Å². The number of aromatic amines is 1. The highest BCUT2D eigenvalue weighted by molar-refractivity contribution is 6.32. The summed E-state index contributed by atoms with van der Waals surface area (Å²) in [4.78, 5) is 26.1. The number of amides is 1. The summed E-state index contributed by atoms with van der Waals surface area (Å²) >= 11 is 6.40. The van der Waals surface area contributed by atoms with Gasteiger partial charge in [-0.1, -0.05) is 23.7 Å². The van der Waals surface area contributed by atoms with Crippen LogP contribution in [0.2, 0.25) is 5.02 Å². The Morgan fingerprint density at radius 2 is 2.11 bits per heavy atom. The zero-order valence-electron chi connectivity index (χ0n) is 19.8. The number of rotatable bonds is 3. The molecule has 0 saturated heterocycles. The molecule has 0 aliphatic carbocycles. The first-order valence-electron chi connectivity index (χ1n) is 11.8. The first-order chi connectivity index (χ1) is 17.5. The molecule has 0 spiro atoms. The molecule has 2 aliphatic rings. The van der Waals surface area contributed by atoms with Crippen LogP contribution >= 0.6 is 11.6 Å². The molecule has 0 saturated carbocycles. The van der Waals surface area contributed by atoms with E-state index in [0.29, 0.717) is 45.7 Å². The Bertz CT molecular complexity index is 1530. The quantitative estimate of drug-likeness (QED) is 0.316. The highest BCUT2D eigenvalue weighted by Gasteiger charge is 2.33. The van der Waals surface area contributed by atoms with Crippen LogP contribution in [0.3, 0.4) is 0 Å². The molecule has 8 nitrogen and oxygen atoms in total. The minimum atomic E-state index is -0.153. The predicted molar refractivity (Wildman–Crippen MR) is 140 cm³/mol. The Balaban J connectivity index is 1.64. The van der Waals surface area contributed by atoms with Gasteiger partial charge >= 0.3 is 0 Å². The lowest BCUT2D eigenvalue weighted by atomic mass is 9.93. The lowest BCUT2D eigenvalue weighted by Crippen LogP contribution is -2.34. The molecule has 0 unspecified atom stereocenters. The molecule has 4 bridgehead atoms. The third kappa shape index (κ3) is 3.74. The molecule has 9 heteroatoms. The van der Waals surface area contributed by atoms with Crippen LogP contribution in [0.25, 0.3) is 22.3 Å². The minimum absolute atomic E-state index is 0.0610. The van der Waals surface area contributed by atoms with Crippen molar-refractivity contribution in [3.8, 4) is 22.9 Å². The summed E-state index contributed by atoms with van der Waals surface area (Å²) in [5.41, 5.74) is 5.64. The van der Waals surface area contributed by atoms with Crippen LogP contribution in [0.15, 0.2) is 54.7 Å². The van der Waals surface area contributed by atoms with Crippen molar-refractivity contribution in [1.29, 1.82) is 0 Å². The average Bonchev–Trinajstić information content (AvgIpc) is 3.25. The van der Waals surface area contributed by atoms with Crippen molar-refractivity contribution >= 4 is 39.9 Å². The van der Waals surface area contributed by atoms with E-state index in [0.717, 1.165) is 28.9 Å². The number of hydrogen-bond acceptors (Lipinski definition) is 6. The van der Waals surface area contributed by atoms with E-state index in [1.165, 1.54) is 0 Å². The summed E-state index contributed by atoms with van der Waals surface area (Å²) in [6.45, 7) is 2.51. The lowest BCUT2D eigenvalue weighted by molar-refractivity contribution is 0.0941. The van der Waals surface area contributed by atoms with Crippen molar-refractivity contribution in [3.05, 3.63) is 71.0 Å². The van der Waals surface area contributed by atoms with E-state index in [2.05, 4.69) is 26.7 Å². The van der Waals surface area contributed by atoms with Gasteiger partial charge in [0, 0.05) is 36.0 Å². The standard InChI is InChI=1S/C27H24ClN5O3/c1-14-5-3-6-15-13-30-27(34)21-22(15)33-24(25(21)31-19-8-4-7-17(28)26(19)35-2)16-11-12-29-18-9-10-20(36-14)32-23(16)18/h3-5,7-12,14-15,31,33H,6,13H2,1-2H3,(H,30,34)/b5-3-/t14-,15-/m1/s1. The molecule has 2 aliphatic heterocycles. The Morgan fingerprint density at radius 1 is 1.22 bits per heavy atom. The van der Waals surface area contributed by atoms with Crippen LogP contribution < -0.4 is 20.1 Å². The number of para-hydroxylation sites is 1. The van der Waals surface area contributed by atoms with Crippen LogP contribution in [0, 0.1) is 0 Å². The second-order valence-electron chi connectivity index (χ2n) is 8.88. The van der Waals surface area contributed by atoms with Gasteiger partial charge in [0.05, 0.1) is 40.3 Å². The number of carbonyl (C=O) groups is 1. The second-order valence-corrected chi connectivity index (χ2v) is 9.29. The van der Waals surface area contributed by atoms with E-state index < -0.39 is 0 Å². The first-order valence-corrected chi connectivity index (χ1v) is 12.1. The van der Waals surface area contributed by atoms with Gasteiger partial charge in [-0.15, -0.1) is 0 Å². The van der Waals surface area contributed by atoms with Gasteiger partial charge < -0.3 is 25.1 Å². The van der Waals surface area contributed by atoms with Crippen LogP contribution in [-0.2, 0) is 0 Å². The number of methoxy groups -OCH3 is 1. The Hall–Kier alpha value is -4.04. The molecule has 2 atom stereocenters. The molecule has 182 valence electrons. The van der Waals surface area contributed by atoms with Gasteiger partial charge in [0.15, 0.2) is 5.75 Å². The van der Waals surface area contributed by atoms with Gasteiger partial charge in [0.25, 0.3) is 5.91 Å². The number of H-pyrrole nitrogens is 1.